The van der Waals surface area contributed by atoms with Crippen molar-refractivity contribution >= 4 is 5.97 Å². The van der Waals surface area contributed by atoms with E-state index in [-0.39, 0.29) is 18.1 Å². The second kappa shape index (κ2) is 4.29. The summed E-state index contributed by atoms with van der Waals surface area (Å²) in [5, 5.41) is 18.3. The standard InChI is InChI=1S/C12H11NO4/c1-7-10(6-11(15)16)17-12(13-7)8-4-2-3-5-9(8)14/h2-5,14H,6H2,1H3,(H,15,16). The SMILES string of the molecule is Cc1nc(-c2ccccc2O)oc1CC(=O)O. The molecule has 0 saturated heterocycles. The molecule has 0 radical (unpaired) electrons. The van der Waals surface area contributed by atoms with Gasteiger partial charge in [-0.1, -0.05) is 12.1 Å². The number of phenols is 1. The van der Waals surface area contributed by atoms with E-state index in [0.29, 0.717) is 17.0 Å². The zero-order chi connectivity index (χ0) is 12.4. The minimum atomic E-state index is -0.979. The predicted molar refractivity (Wildman–Crippen MR) is 59.7 cm³/mol. The molecule has 0 aliphatic rings. The van der Waals surface area contributed by atoms with Crippen molar-refractivity contribution in [1.29, 1.82) is 0 Å². The molecule has 1 heterocycles. The van der Waals surface area contributed by atoms with E-state index in [4.69, 9.17) is 9.52 Å². The number of carbonyl (C=O) groups is 1. The second-order valence-electron chi connectivity index (χ2n) is 3.62. The molecule has 0 aliphatic heterocycles. The fraction of sp³-hybridized carbons (Fsp3) is 0.167. The van der Waals surface area contributed by atoms with Gasteiger partial charge in [0, 0.05) is 0 Å². The molecule has 1 aromatic carbocycles. The molecule has 88 valence electrons. The first kappa shape index (κ1) is 11.2. The van der Waals surface area contributed by atoms with Gasteiger partial charge in [-0.15, -0.1) is 0 Å². The van der Waals surface area contributed by atoms with E-state index in [2.05, 4.69) is 4.98 Å². The molecule has 0 amide bonds. The number of rotatable bonds is 3. The van der Waals surface area contributed by atoms with E-state index < -0.39 is 5.97 Å². The molecule has 0 aliphatic carbocycles. The number of aryl methyl sites for hydroxylation is 1. The number of oxazole rings is 1. The van der Waals surface area contributed by atoms with Gasteiger partial charge in [0.2, 0.25) is 5.89 Å². The third kappa shape index (κ3) is 2.28. The lowest BCUT2D eigenvalue weighted by Gasteiger charge is -1.98. The Morgan fingerprint density at radius 2 is 2.12 bits per heavy atom. The molecule has 0 unspecified atom stereocenters. The molecule has 5 heteroatoms. The Bertz CT molecular complexity index is 559. The largest absolute Gasteiger partial charge is 0.507 e. The van der Waals surface area contributed by atoms with Crippen LogP contribution in [0.15, 0.2) is 28.7 Å². The summed E-state index contributed by atoms with van der Waals surface area (Å²) >= 11 is 0. The van der Waals surface area contributed by atoms with Crippen molar-refractivity contribution in [2.75, 3.05) is 0 Å². The highest BCUT2D eigenvalue weighted by atomic mass is 16.4. The number of para-hydroxylation sites is 1. The molecule has 2 aromatic rings. The van der Waals surface area contributed by atoms with E-state index in [9.17, 15) is 9.90 Å². The van der Waals surface area contributed by atoms with E-state index >= 15 is 0 Å². The summed E-state index contributed by atoms with van der Waals surface area (Å²) in [6.07, 6.45) is -0.216. The lowest BCUT2D eigenvalue weighted by molar-refractivity contribution is -0.136. The smallest absolute Gasteiger partial charge is 0.311 e. The number of carboxylic acid groups (broad SMARTS) is 1. The number of hydrogen-bond acceptors (Lipinski definition) is 4. The van der Waals surface area contributed by atoms with Crippen LogP contribution in [0.25, 0.3) is 11.5 Å². The third-order valence-corrected chi connectivity index (χ3v) is 2.34. The normalized spacial score (nSPS) is 10.4. The molecule has 0 fully saturated rings. The van der Waals surface area contributed by atoms with Gasteiger partial charge in [0.25, 0.3) is 0 Å². The average Bonchev–Trinajstić information content (AvgIpc) is 2.60. The summed E-state index contributed by atoms with van der Waals surface area (Å²) in [6, 6.07) is 6.61. The number of aromatic nitrogens is 1. The zero-order valence-corrected chi connectivity index (χ0v) is 9.17. The Kier molecular flexibility index (Phi) is 2.82. The first-order valence-corrected chi connectivity index (χ1v) is 5.04. The van der Waals surface area contributed by atoms with Crippen LogP contribution < -0.4 is 0 Å². The van der Waals surface area contributed by atoms with Gasteiger partial charge < -0.3 is 14.6 Å². The molecule has 0 spiro atoms. The van der Waals surface area contributed by atoms with Gasteiger partial charge in [0.05, 0.1) is 11.3 Å². The zero-order valence-electron chi connectivity index (χ0n) is 9.17. The van der Waals surface area contributed by atoms with Crippen LogP contribution in [0, 0.1) is 6.92 Å². The van der Waals surface area contributed by atoms with Gasteiger partial charge >= 0.3 is 5.97 Å². The van der Waals surface area contributed by atoms with Gasteiger partial charge in [0.1, 0.15) is 17.9 Å². The minimum Gasteiger partial charge on any atom is -0.507 e. The molecule has 17 heavy (non-hydrogen) atoms. The fourth-order valence-electron chi connectivity index (χ4n) is 1.50. The molecule has 2 N–H and O–H groups in total. The van der Waals surface area contributed by atoms with Crippen molar-refractivity contribution in [3.05, 3.63) is 35.7 Å². The van der Waals surface area contributed by atoms with Gasteiger partial charge in [-0.25, -0.2) is 4.98 Å². The second-order valence-corrected chi connectivity index (χ2v) is 3.62. The number of benzene rings is 1. The van der Waals surface area contributed by atoms with Crippen LogP contribution in [0.2, 0.25) is 0 Å². The molecule has 0 bridgehead atoms. The Morgan fingerprint density at radius 3 is 2.76 bits per heavy atom. The summed E-state index contributed by atoms with van der Waals surface area (Å²) in [5.41, 5.74) is 0.970. The highest BCUT2D eigenvalue weighted by Gasteiger charge is 2.15. The highest BCUT2D eigenvalue weighted by molar-refractivity contribution is 5.70. The van der Waals surface area contributed by atoms with Crippen molar-refractivity contribution in [2.24, 2.45) is 0 Å². The number of aliphatic carboxylic acids is 1. The summed E-state index contributed by atoms with van der Waals surface area (Å²) in [7, 11) is 0. The van der Waals surface area contributed by atoms with Crippen molar-refractivity contribution in [3.8, 4) is 17.2 Å². The van der Waals surface area contributed by atoms with Crippen molar-refractivity contribution in [2.45, 2.75) is 13.3 Å². The number of nitrogens with zero attached hydrogens (tertiary/aromatic N) is 1. The molecule has 1 aromatic heterocycles. The Morgan fingerprint density at radius 1 is 1.41 bits per heavy atom. The summed E-state index contributed by atoms with van der Waals surface area (Å²) in [5.74, 6) is -0.392. The maximum Gasteiger partial charge on any atom is 0.311 e. The van der Waals surface area contributed by atoms with Crippen molar-refractivity contribution in [1.82, 2.24) is 4.98 Å². The van der Waals surface area contributed by atoms with Crippen LogP contribution in [-0.2, 0) is 11.2 Å². The average molecular weight is 233 g/mol. The summed E-state index contributed by atoms with van der Waals surface area (Å²) in [6.45, 7) is 1.67. The molecular weight excluding hydrogens is 222 g/mol. The molecule has 5 nitrogen and oxygen atoms in total. The van der Waals surface area contributed by atoms with Crippen LogP contribution in [0.4, 0.5) is 0 Å². The maximum absolute atomic E-state index is 10.6. The number of phenolic OH excluding ortho intramolecular Hbond substituents is 1. The van der Waals surface area contributed by atoms with Crippen LogP contribution in [0.5, 0.6) is 5.75 Å². The molecule has 0 saturated carbocycles. The predicted octanol–water partition coefficient (Wildman–Crippen LogP) is 1.98. The number of carboxylic acids is 1. The van der Waals surface area contributed by atoms with Gasteiger partial charge in [0.15, 0.2) is 0 Å². The quantitative estimate of drug-likeness (QED) is 0.846. The summed E-state index contributed by atoms with van der Waals surface area (Å²) in [4.78, 5) is 14.7. The van der Waals surface area contributed by atoms with E-state index in [1.165, 1.54) is 6.07 Å². The molecular formula is C12H11NO4. The van der Waals surface area contributed by atoms with Crippen LogP contribution in [-0.4, -0.2) is 21.2 Å². The minimum absolute atomic E-state index is 0.0515. The van der Waals surface area contributed by atoms with Crippen molar-refractivity contribution < 1.29 is 19.4 Å². The Balaban J connectivity index is 2.41. The Hall–Kier alpha value is -2.30. The van der Waals surface area contributed by atoms with E-state index in [1.54, 1.807) is 25.1 Å². The first-order chi connectivity index (χ1) is 8.08. The van der Waals surface area contributed by atoms with Crippen LogP contribution in [0.1, 0.15) is 11.5 Å². The van der Waals surface area contributed by atoms with E-state index in [1.807, 2.05) is 0 Å². The Labute approximate surface area is 97.3 Å². The summed E-state index contributed by atoms with van der Waals surface area (Å²) < 4.78 is 5.34. The lowest BCUT2D eigenvalue weighted by atomic mass is 10.2. The number of hydrogen-bond donors (Lipinski definition) is 2. The lowest BCUT2D eigenvalue weighted by Crippen LogP contribution is -1.99. The molecule has 0 atom stereocenters. The maximum atomic E-state index is 10.6. The van der Waals surface area contributed by atoms with E-state index in [0.717, 1.165) is 0 Å². The van der Waals surface area contributed by atoms with Crippen molar-refractivity contribution in [3.63, 3.8) is 0 Å². The van der Waals surface area contributed by atoms with Gasteiger partial charge in [-0.2, -0.15) is 0 Å². The van der Waals surface area contributed by atoms with Crippen LogP contribution in [0.3, 0.4) is 0 Å². The monoisotopic (exact) mass is 233 g/mol. The number of aromatic hydroxyl groups is 1. The topological polar surface area (TPSA) is 83.6 Å². The van der Waals surface area contributed by atoms with Crippen LogP contribution >= 0.6 is 0 Å². The fourth-order valence-corrected chi connectivity index (χ4v) is 1.50. The molecule has 2 rings (SSSR count). The highest BCUT2D eigenvalue weighted by Crippen LogP contribution is 2.29. The van der Waals surface area contributed by atoms with Gasteiger partial charge in [-0.3, -0.25) is 4.79 Å². The first-order valence-electron chi connectivity index (χ1n) is 5.04. The third-order valence-electron chi connectivity index (χ3n) is 2.34. The van der Waals surface area contributed by atoms with Gasteiger partial charge in [-0.05, 0) is 19.1 Å².